The molecule has 148 valence electrons. The molecule has 26 heavy (non-hydrogen) atoms. The minimum Gasteiger partial charge on any atom is -0.392 e. The summed E-state index contributed by atoms with van der Waals surface area (Å²) in [7, 11) is -2.89. The van der Waals surface area contributed by atoms with Crippen molar-refractivity contribution in [1.82, 2.24) is 0 Å². The topological polar surface area (TPSA) is 77.8 Å². The molecule has 3 rings (SSSR count). The van der Waals surface area contributed by atoms with E-state index in [1.165, 1.54) is 18.7 Å². The summed E-state index contributed by atoms with van der Waals surface area (Å²) in [6.45, 7) is 1.43. The van der Waals surface area contributed by atoms with E-state index in [0.717, 1.165) is 57.8 Å². The molecule has 0 radical (unpaired) electrons. The largest absolute Gasteiger partial charge is 0.392 e. The predicted molar refractivity (Wildman–Crippen MR) is 105 cm³/mol. The van der Waals surface area contributed by atoms with Crippen LogP contribution >= 0.6 is 7.37 Å². The zero-order chi connectivity index (χ0) is 18.8. The first kappa shape index (κ1) is 20.3. The van der Waals surface area contributed by atoms with Crippen LogP contribution in [0.5, 0.6) is 0 Å². The van der Waals surface area contributed by atoms with Crippen molar-refractivity contribution in [2.24, 2.45) is 17.8 Å². The van der Waals surface area contributed by atoms with Crippen LogP contribution in [-0.2, 0) is 4.57 Å². The van der Waals surface area contributed by atoms with Crippen LogP contribution in [0.25, 0.3) is 0 Å². The molecule has 5 unspecified atom stereocenters. The average Bonchev–Trinajstić information content (AvgIpc) is 3.06. The third-order valence-corrected chi connectivity index (χ3v) is 7.81. The van der Waals surface area contributed by atoms with Gasteiger partial charge in [-0.2, -0.15) is 0 Å². The number of unbranched alkanes of at least 4 members (excludes halogenated alkanes) is 1. The first-order valence-electron chi connectivity index (χ1n) is 10.3. The zero-order valence-corrected chi connectivity index (χ0v) is 16.9. The molecule has 0 heterocycles. The molecule has 5 atom stereocenters. The van der Waals surface area contributed by atoms with E-state index in [4.69, 9.17) is 0 Å². The molecule has 3 aliphatic carbocycles. The van der Waals surface area contributed by atoms with Crippen LogP contribution in [0.15, 0.2) is 23.8 Å². The Morgan fingerprint density at radius 1 is 1.23 bits per heavy atom. The van der Waals surface area contributed by atoms with E-state index in [1.807, 2.05) is 6.08 Å². The fourth-order valence-corrected chi connectivity index (χ4v) is 6.02. The monoisotopic (exact) mass is 382 g/mol. The lowest BCUT2D eigenvalue weighted by molar-refractivity contribution is 0.0498. The summed E-state index contributed by atoms with van der Waals surface area (Å²) < 4.78 is 11.4. The Morgan fingerprint density at radius 3 is 2.65 bits per heavy atom. The standard InChI is InChI=1S/C21H35O4P/c1-26(24,25)12-6-3-7-16-13-17-15-20(22)18(19(17)14-16)8-11-21(23)9-4-2-5-10-21/h7-8,11,17-20,22-23H,2-6,9-10,12-15H2,1H3,(H,24,25)/b11-8+,16-7-. The molecule has 3 aliphatic rings. The minimum absolute atomic E-state index is 0.158. The van der Waals surface area contributed by atoms with Crippen LogP contribution in [0, 0.1) is 17.8 Å². The van der Waals surface area contributed by atoms with E-state index in [9.17, 15) is 19.7 Å². The minimum atomic E-state index is -2.89. The lowest BCUT2D eigenvalue weighted by atomic mass is 9.82. The molecule has 3 fully saturated rings. The van der Waals surface area contributed by atoms with E-state index >= 15 is 0 Å². The molecule has 0 aromatic rings. The molecule has 0 saturated heterocycles. The van der Waals surface area contributed by atoms with Gasteiger partial charge in [0.15, 0.2) is 7.37 Å². The summed E-state index contributed by atoms with van der Waals surface area (Å²) in [6.07, 6.45) is 16.1. The van der Waals surface area contributed by atoms with Crippen LogP contribution in [0.1, 0.15) is 64.2 Å². The molecule has 3 N–H and O–H groups in total. The number of aliphatic hydroxyl groups excluding tert-OH is 1. The van der Waals surface area contributed by atoms with Gasteiger partial charge in [0.1, 0.15) is 0 Å². The van der Waals surface area contributed by atoms with Crippen molar-refractivity contribution < 1.29 is 19.7 Å². The second-order valence-electron chi connectivity index (χ2n) is 9.02. The second-order valence-corrected chi connectivity index (χ2v) is 11.6. The number of rotatable bonds is 6. The first-order valence-corrected chi connectivity index (χ1v) is 12.6. The average molecular weight is 382 g/mol. The van der Waals surface area contributed by atoms with Gasteiger partial charge in [-0.3, -0.25) is 4.57 Å². The molecule has 0 bridgehead atoms. The van der Waals surface area contributed by atoms with Crippen molar-refractivity contribution >= 4 is 7.37 Å². The summed E-state index contributed by atoms with van der Waals surface area (Å²) in [5.41, 5.74) is 0.789. The molecular weight excluding hydrogens is 347 g/mol. The Hall–Kier alpha value is -0.410. The molecular formula is C21H35O4P. The van der Waals surface area contributed by atoms with Gasteiger partial charge in [-0.1, -0.05) is 43.1 Å². The molecule has 0 aliphatic heterocycles. The molecule has 4 nitrogen and oxygen atoms in total. The second kappa shape index (κ2) is 8.31. The highest BCUT2D eigenvalue weighted by Crippen LogP contribution is 2.51. The van der Waals surface area contributed by atoms with Crippen LogP contribution in [0.4, 0.5) is 0 Å². The van der Waals surface area contributed by atoms with Crippen molar-refractivity contribution in [2.45, 2.75) is 75.9 Å². The third-order valence-electron chi connectivity index (χ3n) is 6.67. The van der Waals surface area contributed by atoms with E-state index in [0.29, 0.717) is 18.0 Å². The number of aliphatic hydroxyl groups is 2. The summed E-state index contributed by atoms with van der Waals surface area (Å²) in [6, 6.07) is 0. The number of allylic oxidation sites excluding steroid dienone is 2. The van der Waals surface area contributed by atoms with Crippen molar-refractivity contribution in [2.75, 3.05) is 12.8 Å². The summed E-state index contributed by atoms with van der Waals surface area (Å²) in [5.74, 6) is 1.18. The highest BCUT2D eigenvalue weighted by Gasteiger charge is 2.45. The SMILES string of the molecule is CP(=O)(O)CCC/C=C1/CC2CC(O)C(/C=C/C3(O)CCCCC3)C2C1. The maximum Gasteiger partial charge on any atom is 0.197 e. The van der Waals surface area contributed by atoms with E-state index in [-0.39, 0.29) is 12.0 Å². The fraction of sp³-hybridized carbons (Fsp3) is 0.810. The molecule has 3 saturated carbocycles. The smallest absolute Gasteiger partial charge is 0.197 e. The normalized spacial score (nSPS) is 37.9. The number of hydrogen-bond donors (Lipinski definition) is 3. The Balaban J connectivity index is 1.55. The van der Waals surface area contributed by atoms with Crippen LogP contribution < -0.4 is 0 Å². The van der Waals surface area contributed by atoms with E-state index in [2.05, 4.69) is 12.2 Å². The van der Waals surface area contributed by atoms with Crippen molar-refractivity contribution in [3.05, 3.63) is 23.8 Å². The number of hydrogen-bond acceptors (Lipinski definition) is 3. The van der Waals surface area contributed by atoms with E-state index < -0.39 is 13.0 Å². The molecule has 5 heteroatoms. The van der Waals surface area contributed by atoms with Gasteiger partial charge in [-0.25, -0.2) is 0 Å². The summed E-state index contributed by atoms with van der Waals surface area (Å²) in [4.78, 5) is 9.37. The highest BCUT2D eigenvalue weighted by atomic mass is 31.2. The van der Waals surface area contributed by atoms with Gasteiger partial charge in [-0.15, -0.1) is 0 Å². The first-order chi connectivity index (χ1) is 12.3. The molecule has 0 amide bonds. The lowest BCUT2D eigenvalue weighted by Crippen LogP contribution is -2.29. The Kier molecular flexibility index (Phi) is 6.49. The number of fused-ring (bicyclic) bond motifs is 1. The summed E-state index contributed by atoms with van der Waals surface area (Å²) >= 11 is 0. The van der Waals surface area contributed by atoms with Gasteiger partial charge < -0.3 is 15.1 Å². The van der Waals surface area contributed by atoms with Gasteiger partial charge >= 0.3 is 0 Å². The van der Waals surface area contributed by atoms with Gasteiger partial charge in [0.2, 0.25) is 0 Å². The van der Waals surface area contributed by atoms with Gasteiger partial charge in [-0.05, 0) is 56.8 Å². The van der Waals surface area contributed by atoms with E-state index in [1.54, 1.807) is 0 Å². The zero-order valence-electron chi connectivity index (χ0n) is 16.0. The van der Waals surface area contributed by atoms with Crippen molar-refractivity contribution in [3.63, 3.8) is 0 Å². The maximum absolute atomic E-state index is 11.4. The molecule has 0 aromatic heterocycles. The maximum atomic E-state index is 11.4. The van der Waals surface area contributed by atoms with Crippen LogP contribution in [-0.4, -0.2) is 39.6 Å². The third kappa shape index (κ3) is 5.32. The quantitative estimate of drug-likeness (QED) is 0.365. The van der Waals surface area contributed by atoms with Gasteiger partial charge in [0.25, 0.3) is 0 Å². The Morgan fingerprint density at radius 2 is 1.96 bits per heavy atom. The fourth-order valence-electron chi connectivity index (χ4n) is 5.25. The molecule has 0 aromatic carbocycles. The lowest BCUT2D eigenvalue weighted by Gasteiger charge is -2.30. The van der Waals surface area contributed by atoms with Crippen LogP contribution in [0.3, 0.4) is 0 Å². The summed E-state index contributed by atoms with van der Waals surface area (Å²) in [5, 5.41) is 21.2. The van der Waals surface area contributed by atoms with Gasteiger partial charge in [0.05, 0.1) is 11.7 Å². The molecule has 0 spiro atoms. The van der Waals surface area contributed by atoms with Gasteiger partial charge in [0, 0.05) is 18.7 Å². The predicted octanol–water partition coefficient (Wildman–Crippen LogP) is 4.25. The Bertz CT molecular complexity index is 585. The highest BCUT2D eigenvalue weighted by molar-refractivity contribution is 7.57. The van der Waals surface area contributed by atoms with Crippen molar-refractivity contribution in [1.29, 1.82) is 0 Å². The van der Waals surface area contributed by atoms with Crippen molar-refractivity contribution in [3.8, 4) is 0 Å². The Labute approximate surface area is 157 Å². The van der Waals surface area contributed by atoms with Crippen LogP contribution in [0.2, 0.25) is 0 Å².